The Bertz CT molecular complexity index is 1150. The first-order chi connectivity index (χ1) is 16.6. The number of likely N-dealkylation sites (N-methyl/N-ethyl adjacent to an activating group) is 1. The number of amides is 1. The molecule has 0 fully saturated rings. The van der Waals surface area contributed by atoms with Crippen molar-refractivity contribution in [1.82, 2.24) is 25.2 Å². The lowest BCUT2D eigenvalue weighted by Gasteiger charge is -2.19. The summed E-state index contributed by atoms with van der Waals surface area (Å²) in [5, 5.41) is 2.96. The highest BCUT2D eigenvalue weighted by Gasteiger charge is 2.18. The number of pyridine rings is 3. The molecule has 172 valence electrons. The number of carbonyl (C=O) groups excluding carboxylic acids is 1. The van der Waals surface area contributed by atoms with Gasteiger partial charge in [0.2, 0.25) is 0 Å². The molecule has 1 amide bonds. The van der Waals surface area contributed by atoms with Crippen LogP contribution in [0.3, 0.4) is 0 Å². The number of nitrogens with one attached hydrogen (secondary N) is 1. The number of aromatic nitrogens is 3. The first kappa shape index (κ1) is 23.3. The van der Waals surface area contributed by atoms with Gasteiger partial charge in [-0.05, 0) is 67.5 Å². The molecule has 34 heavy (non-hydrogen) atoms. The largest absolute Gasteiger partial charge is 0.351 e. The van der Waals surface area contributed by atoms with Crippen molar-refractivity contribution in [2.45, 2.75) is 12.3 Å². The van der Waals surface area contributed by atoms with Crippen LogP contribution in [0.1, 0.15) is 33.0 Å². The molecule has 1 N–H and O–H groups in total. The van der Waals surface area contributed by atoms with Crippen molar-refractivity contribution >= 4 is 5.91 Å². The maximum atomic E-state index is 12.4. The van der Waals surface area contributed by atoms with Gasteiger partial charge in [0.05, 0.1) is 5.69 Å². The van der Waals surface area contributed by atoms with E-state index in [-0.39, 0.29) is 11.8 Å². The minimum atomic E-state index is -0.0668. The van der Waals surface area contributed by atoms with Crippen LogP contribution >= 0.6 is 0 Å². The Morgan fingerprint density at radius 1 is 0.882 bits per heavy atom. The normalized spacial score (nSPS) is 11.1. The van der Waals surface area contributed by atoms with E-state index in [9.17, 15) is 4.79 Å². The van der Waals surface area contributed by atoms with E-state index in [1.807, 2.05) is 80.1 Å². The highest BCUT2D eigenvalue weighted by Crippen LogP contribution is 2.31. The van der Waals surface area contributed by atoms with E-state index in [0.717, 1.165) is 40.9 Å². The molecule has 0 unspecified atom stereocenters. The zero-order chi connectivity index (χ0) is 23.8. The summed E-state index contributed by atoms with van der Waals surface area (Å²) in [5.41, 5.74) is 5.94. The van der Waals surface area contributed by atoms with Crippen molar-refractivity contribution in [1.29, 1.82) is 0 Å². The number of benzene rings is 1. The molecule has 0 radical (unpaired) electrons. The van der Waals surface area contributed by atoms with E-state index in [1.54, 1.807) is 12.4 Å². The molecule has 0 saturated carbocycles. The van der Waals surface area contributed by atoms with Crippen LogP contribution in [0.5, 0.6) is 0 Å². The molecule has 4 aromatic rings. The van der Waals surface area contributed by atoms with Crippen LogP contribution in [-0.4, -0.2) is 52.9 Å². The molecule has 6 heteroatoms. The maximum Gasteiger partial charge on any atom is 0.251 e. The van der Waals surface area contributed by atoms with E-state index < -0.39 is 0 Å². The molecular formula is C28H29N5O. The van der Waals surface area contributed by atoms with Crippen LogP contribution < -0.4 is 5.32 Å². The summed E-state index contributed by atoms with van der Waals surface area (Å²) in [6.07, 6.45) is 9.97. The maximum absolute atomic E-state index is 12.4. The molecule has 4 rings (SSSR count). The molecule has 0 saturated heterocycles. The van der Waals surface area contributed by atoms with Crippen molar-refractivity contribution in [2.24, 2.45) is 0 Å². The lowest BCUT2D eigenvalue weighted by molar-refractivity contribution is 0.0951. The summed E-state index contributed by atoms with van der Waals surface area (Å²) in [6.45, 7) is 1.41. The zero-order valence-corrected chi connectivity index (χ0v) is 19.6. The first-order valence-electron chi connectivity index (χ1n) is 11.4. The van der Waals surface area contributed by atoms with Crippen molar-refractivity contribution in [3.63, 3.8) is 0 Å². The van der Waals surface area contributed by atoms with Gasteiger partial charge >= 0.3 is 0 Å². The molecule has 6 nitrogen and oxygen atoms in total. The Morgan fingerprint density at radius 2 is 1.53 bits per heavy atom. The van der Waals surface area contributed by atoms with Crippen molar-refractivity contribution in [3.05, 3.63) is 114 Å². The zero-order valence-electron chi connectivity index (χ0n) is 19.6. The molecule has 0 aliphatic carbocycles. The fraction of sp³-hybridized carbons (Fsp3) is 0.214. The lowest BCUT2D eigenvalue weighted by Crippen LogP contribution is -2.31. The highest BCUT2D eigenvalue weighted by molar-refractivity contribution is 5.94. The van der Waals surface area contributed by atoms with Gasteiger partial charge in [-0.2, -0.15) is 0 Å². The van der Waals surface area contributed by atoms with Crippen LogP contribution in [0.4, 0.5) is 0 Å². The quantitative estimate of drug-likeness (QED) is 0.413. The fourth-order valence-electron chi connectivity index (χ4n) is 3.95. The van der Waals surface area contributed by atoms with Crippen LogP contribution in [-0.2, 0) is 6.42 Å². The average Bonchev–Trinajstić information content (AvgIpc) is 2.88. The Hall–Kier alpha value is -3.90. The van der Waals surface area contributed by atoms with E-state index in [1.165, 1.54) is 0 Å². The average molecular weight is 452 g/mol. The molecule has 0 spiro atoms. The number of nitrogens with zero attached hydrogens (tertiary/aromatic N) is 4. The van der Waals surface area contributed by atoms with Gasteiger partial charge < -0.3 is 10.2 Å². The third-order valence-corrected chi connectivity index (χ3v) is 5.75. The van der Waals surface area contributed by atoms with Gasteiger partial charge in [-0.25, -0.2) is 0 Å². The van der Waals surface area contributed by atoms with Crippen molar-refractivity contribution in [2.75, 3.05) is 27.2 Å². The highest BCUT2D eigenvalue weighted by atomic mass is 16.1. The second-order valence-corrected chi connectivity index (χ2v) is 8.48. The van der Waals surface area contributed by atoms with Gasteiger partial charge in [0, 0.05) is 61.1 Å². The van der Waals surface area contributed by atoms with Crippen LogP contribution in [0.2, 0.25) is 0 Å². The SMILES string of the molecule is CN(C)CCNC(=O)c1ccc(-c2ncccc2CC(c2cccnc2)c2cccnc2)cc1. The van der Waals surface area contributed by atoms with Crippen LogP contribution in [0.15, 0.2) is 91.6 Å². The predicted molar refractivity (Wildman–Crippen MR) is 135 cm³/mol. The Morgan fingerprint density at radius 3 is 2.12 bits per heavy atom. The smallest absolute Gasteiger partial charge is 0.251 e. The van der Waals surface area contributed by atoms with E-state index >= 15 is 0 Å². The second kappa shape index (κ2) is 11.3. The Balaban J connectivity index is 1.58. The second-order valence-electron chi connectivity index (χ2n) is 8.48. The minimum Gasteiger partial charge on any atom is -0.351 e. The molecule has 0 atom stereocenters. The van der Waals surface area contributed by atoms with Gasteiger partial charge in [0.15, 0.2) is 0 Å². The summed E-state index contributed by atoms with van der Waals surface area (Å²) in [6, 6.07) is 19.9. The number of carbonyl (C=O) groups is 1. The summed E-state index contributed by atoms with van der Waals surface area (Å²) < 4.78 is 0. The molecule has 0 aliphatic heterocycles. The summed E-state index contributed by atoms with van der Waals surface area (Å²) in [5.74, 6) is 0.0370. The first-order valence-corrected chi connectivity index (χ1v) is 11.4. The van der Waals surface area contributed by atoms with Gasteiger partial charge in [-0.15, -0.1) is 0 Å². The van der Waals surface area contributed by atoms with Crippen molar-refractivity contribution < 1.29 is 4.79 Å². The third-order valence-electron chi connectivity index (χ3n) is 5.75. The molecule has 3 heterocycles. The molecule has 0 bridgehead atoms. The van der Waals surface area contributed by atoms with Crippen LogP contribution in [0, 0.1) is 0 Å². The molecular weight excluding hydrogens is 422 g/mol. The van der Waals surface area contributed by atoms with Gasteiger partial charge in [0.25, 0.3) is 5.91 Å². The number of hydrogen-bond donors (Lipinski definition) is 1. The third kappa shape index (κ3) is 5.91. The monoisotopic (exact) mass is 451 g/mol. The molecule has 0 aliphatic rings. The predicted octanol–water partition coefficient (Wildman–Crippen LogP) is 4.20. The number of rotatable bonds is 9. The minimum absolute atomic E-state index is 0.0668. The summed E-state index contributed by atoms with van der Waals surface area (Å²) >= 11 is 0. The van der Waals surface area contributed by atoms with Crippen molar-refractivity contribution in [3.8, 4) is 11.3 Å². The topological polar surface area (TPSA) is 71.0 Å². The number of hydrogen-bond acceptors (Lipinski definition) is 5. The van der Waals surface area contributed by atoms with E-state index in [4.69, 9.17) is 4.98 Å². The van der Waals surface area contributed by atoms with Gasteiger partial charge in [-0.3, -0.25) is 19.7 Å². The molecule has 3 aromatic heterocycles. The standard InChI is InChI=1S/C28H29N5O/c1-33(2)17-16-32-28(34)22-11-9-21(10-12-22)27-23(6-5-15-31-27)18-26(24-7-3-13-29-19-24)25-8-4-14-30-20-25/h3-15,19-20,26H,16-18H2,1-2H3,(H,32,34). The summed E-state index contributed by atoms with van der Waals surface area (Å²) in [7, 11) is 3.97. The van der Waals surface area contributed by atoms with E-state index in [2.05, 4.69) is 33.5 Å². The fourth-order valence-corrected chi connectivity index (χ4v) is 3.95. The Kier molecular flexibility index (Phi) is 7.73. The van der Waals surface area contributed by atoms with Gasteiger partial charge in [0.1, 0.15) is 0 Å². The molecule has 1 aromatic carbocycles. The summed E-state index contributed by atoms with van der Waals surface area (Å²) in [4.78, 5) is 27.8. The lowest BCUT2D eigenvalue weighted by atomic mass is 9.86. The van der Waals surface area contributed by atoms with Gasteiger partial charge in [-0.1, -0.05) is 30.3 Å². The Labute approximate surface area is 200 Å². The van der Waals surface area contributed by atoms with E-state index in [0.29, 0.717) is 12.1 Å². The van der Waals surface area contributed by atoms with Crippen LogP contribution in [0.25, 0.3) is 11.3 Å².